The first-order chi connectivity index (χ1) is 6.35. The van der Waals surface area contributed by atoms with Gasteiger partial charge in [0.25, 0.3) is 0 Å². The summed E-state index contributed by atoms with van der Waals surface area (Å²) in [7, 11) is 1.64. The highest BCUT2D eigenvalue weighted by atomic mass is 16.5. The van der Waals surface area contributed by atoms with E-state index in [-0.39, 0.29) is 0 Å². The molecule has 1 aromatic heterocycles. The van der Waals surface area contributed by atoms with E-state index in [4.69, 9.17) is 4.74 Å². The lowest BCUT2D eigenvalue weighted by atomic mass is 10.3. The normalized spacial score (nSPS) is 10.6. The van der Waals surface area contributed by atoms with Crippen molar-refractivity contribution in [1.29, 1.82) is 0 Å². The van der Waals surface area contributed by atoms with Gasteiger partial charge in [0.15, 0.2) is 0 Å². The van der Waals surface area contributed by atoms with Crippen LogP contribution < -0.4 is 4.74 Å². The molecular weight excluding hydrogens is 166 g/mol. The summed E-state index contributed by atoms with van der Waals surface area (Å²) >= 11 is 0. The Labute approximate surface area is 76.1 Å². The molecule has 0 radical (unpaired) electrons. The van der Waals surface area contributed by atoms with Crippen molar-refractivity contribution in [1.82, 2.24) is 15.0 Å². The first-order valence-electron chi connectivity index (χ1n) is 4.22. The molecule has 0 amide bonds. The molecule has 2 rings (SSSR count). The Balaban J connectivity index is 2.61. The predicted octanol–water partition coefficient (Wildman–Crippen LogP) is 1.46. The van der Waals surface area contributed by atoms with Crippen LogP contribution in [0.25, 0.3) is 11.0 Å². The van der Waals surface area contributed by atoms with Gasteiger partial charge in [0, 0.05) is 12.6 Å². The van der Waals surface area contributed by atoms with E-state index >= 15 is 0 Å². The lowest BCUT2D eigenvalue weighted by molar-refractivity contribution is 0.415. The van der Waals surface area contributed by atoms with E-state index in [2.05, 4.69) is 10.3 Å². The highest BCUT2D eigenvalue weighted by Gasteiger charge is 2.02. The largest absolute Gasteiger partial charge is 0.497 e. The number of rotatable bonds is 2. The van der Waals surface area contributed by atoms with Crippen molar-refractivity contribution < 1.29 is 4.74 Å². The molecule has 0 aliphatic carbocycles. The molecule has 13 heavy (non-hydrogen) atoms. The fraction of sp³-hybridized carbons (Fsp3) is 0.333. The fourth-order valence-electron chi connectivity index (χ4n) is 1.31. The van der Waals surface area contributed by atoms with Crippen molar-refractivity contribution in [2.24, 2.45) is 0 Å². The van der Waals surface area contributed by atoms with Crippen LogP contribution in [0.5, 0.6) is 5.75 Å². The number of benzene rings is 1. The number of aryl methyl sites for hydroxylation is 1. The Morgan fingerprint density at radius 1 is 1.46 bits per heavy atom. The number of ether oxygens (including phenoxy) is 1. The molecule has 4 nitrogen and oxygen atoms in total. The van der Waals surface area contributed by atoms with E-state index in [0.717, 1.165) is 23.3 Å². The summed E-state index contributed by atoms with van der Waals surface area (Å²) in [5, 5.41) is 8.03. The monoisotopic (exact) mass is 177 g/mol. The van der Waals surface area contributed by atoms with E-state index in [1.54, 1.807) is 7.11 Å². The summed E-state index contributed by atoms with van der Waals surface area (Å²) in [6, 6.07) is 5.77. The number of methoxy groups -OCH3 is 1. The molecule has 0 bridgehead atoms. The van der Waals surface area contributed by atoms with Crippen LogP contribution in [0, 0.1) is 0 Å². The van der Waals surface area contributed by atoms with Crippen LogP contribution in [0.2, 0.25) is 0 Å². The van der Waals surface area contributed by atoms with Gasteiger partial charge in [-0.2, -0.15) is 0 Å². The van der Waals surface area contributed by atoms with Crippen molar-refractivity contribution in [2.75, 3.05) is 7.11 Å². The third kappa shape index (κ3) is 1.24. The number of aromatic nitrogens is 3. The maximum Gasteiger partial charge on any atom is 0.121 e. The third-order valence-corrected chi connectivity index (χ3v) is 2.02. The molecule has 68 valence electrons. The Morgan fingerprint density at radius 2 is 2.31 bits per heavy atom. The van der Waals surface area contributed by atoms with E-state index in [1.807, 2.05) is 29.8 Å². The summed E-state index contributed by atoms with van der Waals surface area (Å²) in [6.45, 7) is 2.88. The minimum absolute atomic E-state index is 0.815. The highest BCUT2D eigenvalue weighted by molar-refractivity contribution is 5.75. The summed E-state index contributed by atoms with van der Waals surface area (Å²) in [5.74, 6) is 0.815. The van der Waals surface area contributed by atoms with Gasteiger partial charge in [0.2, 0.25) is 0 Å². The molecule has 0 aliphatic heterocycles. The van der Waals surface area contributed by atoms with Crippen molar-refractivity contribution in [3.05, 3.63) is 18.2 Å². The van der Waals surface area contributed by atoms with Crippen LogP contribution in [0.4, 0.5) is 0 Å². The van der Waals surface area contributed by atoms with Crippen molar-refractivity contribution in [3.8, 4) is 5.75 Å². The van der Waals surface area contributed by atoms with Gasteiger partial charge in [0.1, 0.15) is 11.3 Å². The van der Waals surface area contributed by atoms with Gasteiger partial charge >= 0.3 is 0 Å². The van der Waals surface area contributed by atoms with Crippen LogP contribution in [-0.4, -0.2) is 22.1 Å². The van der Waals surface area contributed by atoms with Crippen molar-refractivity contribution in [3.63, 3.8) is 0 Å². The topological polar surface area (TPSA) is 39.9 Å². The maximum atomic E-state index is 5.09. The number of hydrogen-bond donors (Lipinski definition) is 0. The second-order valence-corrected chi connectivity index (χ2v) is 2.76. The third-order valence-electron chi connectivity index (χ3n) is 2.02. The molecule has 0 aliphatic rings. The van der Waals surface area contributed by atoms with Gasteiger partial charge in [-0.15, -0.1) is 5.10 Å². The molecule has 0 unspecified atom stereocenters. The predicted molar refractivity (Wildman–Crippen MR) is 49.8 cm³/mol. The second-order valence-electron chi connectivity index (χ2n) is 2.76. The Kier molecular flexibility index (Phi) is 1.88. The lowest BCUT2D eigenvalue weighted by Gasteiger charge is -1.98. The molecule has 0 atom stereocenters. The minimum atomic E-state index is 0.815. The number of nitrogens with zero attached hydrogens (tertiary/aromatic N) is 3. The second kappa shape index (κ2) is 3.05. The van der Waals surface area contributed by atoms with E-state index in [0.29, 0.717) is 0 Å². The highest BCUT2D eigenvalue weighted by Crippen LogP contribution is 2.17. The Bertz CT molecular complexity index is 422. The zero-order chi connectivity index (χ0) is 9.26. The Hall–Kier alpha value is -1.58. The molecule has 0 fully saturated rings. The average Bonchev–Trinajstić information content (AvgIpc) is 2.59. The van der Waals surface area contributed by atoms with Crippen LogP contribution >= 0.6 is 0 Å². The summed E-state index contributed by atoms with van der Waals surface area (Å²) < 4.78 is 6.94. The van der Waals surface area contributed by atoms with E-state index in [9.17, 15) is 0 Å². The van der Waals surface area contributed by atoms with Gasteiger partial charge in [-0.25, -0.2) is 4.68 Å². The smallest absolute Gasteiger partial charge is 0.121 e. The van der Waals surface area contributed by atoms with E-state index < -0.39 is 0 Å². The molecule has 0 saturated carbocycles. The molecule has 1 aromatic carbocycles. The molecule has 1 heterocycles. The van der Waals surface area contributed by atoms with Gasteiger partial charge in [-0.3, -0.25) is 0 Å². The standard InChI is InChI=1S/C9H11N3O/c1-3-12-9-5-4-7(13-2)6-8(9)10-11-12/h4-6H,3H2,1-2H3. The van der Waals surface area contributed by atoms with Gasteiger partial charge in [-0.05, 0) is 19.1 Å². The van der Waals surface area contributed by atoms with E-state index in [1.165, 1.54) is 0 Å². The minimum Gasteiger partial charge on any atom is -0.497 e. The summed E-state index contributed by atoms with van der Waals surface area (Å²) in [4.78, 5) is 0. The molecular formula is C9H11N3O. The number of fused-ring (bicyclic) bond motifs is 1. The fourth-order valence-corrected chi connectivity index (χ4v) is 1.31. The zero-order valence-corrected chi connectivity index (χ0v) is 7.69. The van der Waals surface area contributed by atoms with Crippen molar-refractivity contribution >= 4 is 11.0 Å². The maximum absolute atomic E-state index is 5.09. The molecule has 4 heteroatoms. The number of hydrogen-bond acceptors (Lipinski definition) is 3. The van der Waals surface area contributed by atoms with Crippen LogP contribution in [0.3, 0.4) is 0 Å². The average molecular weight is 177 g/mol. The van der Waals surface area contributed by atoms with Gasteiger partial charge < -0.3 is 4.74 Å². The summed E-state index contributed by atoms with van der Waals surface area (Å²) in [5.41, 5.74) is 1.92. The van der Waals surface area contributed by atoms with Crippen molar-refractivity contribution in [2.45, 2.75) is 13.5 Å². The van der Waals surface area contributed by atoms with Gasteiger partial charge in [0.05, 0.1) is 12.6 Å². The lowest BCUT2D eigenvalue weighted by Crippen LogP contribution is -1.95. The van der Waals surface area contributed by atoms with Crippen LogP contribution in [-0.2, 0) is 6.54 Å². The summed E-state index contributed by atoms with van der Waals surface area (Å²) in [6.07, 6.45) is 0. The van der Waals surface area contributed by atoms with Crippen LogP contribution in [0.1, 0.15) is 6.92 Å². The molecule has 2 aromatic rings. The zero-order valence-electron chi connectivity index (χ0n) is 7.69. The first kappa shape index (κ1) is 8.04. The SMILES string of the molecule is CCn1nnc2cc(OC)ccc21. The molecule has 0 saturated heterocycles. The van der Waals surface area contributed by atoms with Crippen LogP contribution in [0.15, 0.2) is 18.2 Å². The molecule has 0 spiro atoms. The van der Waals surface area contributed by atoms with Gasteiger partial charge in [-0.1, -0.05) is 5.21 Å². The Morgan fingerprint density at radius 3 is 3.00 bits per heavy atom. The first-order valence-corrected chi connectivity index (χ1v) is 4.22. The molecule has 0 N–H and O–H groups in total. The quantitative estimate of drug-likeness (QED) is 0.697.